The zero-order valence-electron chi connectivity index (χ0n) is 37.3. The fourth-order valence-corrected chi connectivity index (χ4v) is 9.32. The third-order valence-corrected chi connectivity index (χ3v) is 12.1. The van der Waals surface area contributed by atoms with Crippen LogP contribution >= 0.6 is 0 Å². The minimum absolute atomic E-state index is 0.113. The standard InChI is InChI=1S/C57H41N/c1-57(2)54-35-38(27-32-48-46-22-10-12-24-52(46)56(53-25-13-11-23-47(48)53)51-26-14-18-40-16-8-9-21-45(40)51)28-33-49(54)50-34-31-44(37-55(50)57)58(42-19-4-3-5-20-42)43-30-29-39-15-6-7-17-41(39)36-43/h3-37H,1-2H3/b32-27+/i3D,4D,5D,19D,20D. The molecule has 1 aliphatic carbocycles. The average molecular weight is 745 g/mol. The molecule has 1 heteroatoms. The normalized spacial score (nSPS) is 14.3. The van der Waals surface area contributed by atoms with E-state index in [0.717, 1.165) is 33.0 Å². The lowest BCUT2D eigenvalue weighted by atomic mass is 9.81. The molecule has 1 aliphatic rings. The first-order valence-electron chi connectivity index (χ1n) is 22.3. The number of nitrogens with zero attached hydrogens (tertiary/aromatic N) is 1. The molecule has 10 aromatic rings. The molecular weight excluding hydrogens is 699 g/mol. The Morgan fingerprint density at radius 1 is 0.431 bits per heavy atom. The highest BCUT2D eigenvalue weighted by Gasteiger charge is 2.36. The summed E-state index contributed by atoms with van der Waals surface area (Å²) in [5.41, 5.74) is 10.5. The molecule has 0 bridgehead atoms. The Labute approximate surface area is 346 Å². The van der Waals surface area contributed by atoms with Crippen molar-refractivity contribution in [1.29, 1.82) is 0 Å². The molecule has 0 aliphatic heterocycles. The van der Waals surface area contributed by atoms with Gasteiger partial charge in [-0.1, -0.05) is 190 Å². The summed E-state index contributed by atoms with van der Waals surface area (Å²) in [6.07, 6.45) is 4.50. The smallest absolute Gasteiger partial charge is 0.0645 e. The third-order valence-electron chi connectivity index (χ3n) is 12.1. The van der Waals surface area contributed by atoms with Gasteiger partial charge in [-0.25, -0.2) is 0 Å². The number of hydrogen-bond donors (Lipinski definition) is 0. The number of para-hydroxylation sites is 1. The van der Waals surface area contributed by atoms with Gasteiger partial charge < -0.3 is 4.90 Å². The maximum atomic E-state index is 9.04. The van der Waals surface area contributed by atoms with E-state index in [9.17, 15) is 0 Å². The fourth-order valence-electron chi connectivity index (χ4n) is 9.32. The van der Waals surface area contributed by atoms with Crippen LogP contribution in [0, 0.1) is 0 Å². The highest BCUT2D eigenvalue weighted by atomic mass is 15.1. The van der Waals surface area contributed by atoms with Crippen molar-refractivity contribution >= 4 is 72.3 Å². The fraction of sp³-hybridized carbons (Fsp3) is 0.0526. The molecule has 0 heterocycles. The van der Waals surface area contributed by atoms with Crippen molar-refractivity contribution in [3.8, 4) is 22.3 Å². The first kappa shape index (κ1) is 29.1. The summed E-state index contributed by atoms with van der Waals surface area (Å²) < 4.78 is 43.6. The molecule has 58 heavy (non-hydrogen) atoms. The molecule has 0 aromatic heterocycles. The van der Waals surface area contributed by atoms with Gasteiger partial charge >= 0.3 is 0 Å². The molecule has 0 N–H and O–H groups in total. The van der Waals surface area contributed by atoms with Crippen molar-refractivity contribution in [2.24, 2.45) is 0 Å². The minimum Gasteiger partial charge on any atom is -0.310 e. The van der Waals surface area contributed by atoms with Gasteiger partial charge in [0.25, 0.3) is 0 Å². The molecule has 0 radical (unpaired) electrons. The van der Waals surface area contributed by atoms with Crippen molar-refractivity contribution in [3.63, 3.8) is 0 Å². The predicted octanol–water partition coefficient (Wildman–Crippen LogP) is 15.9. The number of rotatable bonds is 6. The Hall–Kier alpha value is -7.22. The summed E-state index contributed by atoms with van der Waals surface area (Å²) in [5.74, 6) is 0. The Balaban J connectivity index is 1.02. The van der Waals surface area contributed by atoms with Gasteiger partial charge in [0, 0.05) is 22.5 Å². The van der Waals surface area contributed by atoms with Crippen LogP contribution in [0.5, 0.6) is 0 Å². The molecule has 11 rings (SSSR count). The topological polar surface area (TPSA) is 3.24 Å². The van der Waals surface area contributed by atoms with Crippen LogP contribution in [-0.4, -0.2) is 0 Å². The first-order valence-corrected chi connectivity index (χ1v) is 19.8. The molecule has 0 unspecified atom stereocenters. The molecule has 0 amide bonds. The van der Waals surface area contributed by atoms with E-state index in [1.807, 2.05) is 53.4 Å². The zero-order valence-corrected chi connectivity index (χ0v) is 32.3. The highest BCUT2D eigenvalue weighted by Crippen LogP contribution is 2.51. The number of benzene rings is 10. The monoisotopic (exact) mass is 744 g/mol. The summed E-state index contributed by atoms with van der Waals surface area (Å²) in [5, 5.41) is 9.34. The average Bonchev–Trinajstić information content (AvgIpc) is 3.54. The van der Waals surface area contributed by atoms with Crippen molar-refractivity contribution in [2.45, 2.75) is 19.3 Å². The summed E-state index contributed by atoms with van der Waals surface area (Å²) in [6.45, 7) is 4.49. The summed E-state index contributed by atoms with van der Waals surface area (Å²) >= 11 is 0. The first-order chi connectivity index (χ1) is 30.6. The number of hydrogen-bond acceptors (Lipinski definition) is 1. The van der Waals surface area contributed by atoms with Crippen LogP contribution in [0.3, 0.4) is 0 Å². The lowest BCUT2D eigenvalue weighted by Crippen LogP contribution is -2.16. The van der Waals surface area contributed by atoms with Crippen LogP contribution in [0.1, 0.15) is 43.0 Å². The van der Waals surface area contributed by atoms with Crippen molar-refractivity contribution in [3.05, 3.63) is 222 Å². The van der Waals surface area contributed by atoms with Crippen LogP contribution in [0.2, 0.25) is 0 Å². The van der Waals surface area contributed by atoms with Gasteiger partial charge in [0.2, 0.25) is 0 Å². The lowest BCUT2D eigenvalue weighted by molar-refractivity contribution is 0.660. The van der Waals surface area contributed by atoms with Gasteiger partial charge in [-0.15, -0.1) is 0 Å². The molecule has 0 saturated carbocycles. The number of anilines is 3. The van der Waals surface area contributed by atoms with E-state index < -0.39 is 11.5 Å². The largest absolute Gasteiger partial charge is 0.310 e. The van der Waals surface area contributed by atoms with Crippen LogP contribution in [0.15, 0.2) is 200 Å². The van der Waals surface area contributed by atoms with Crippen molar-refractivity contribution < 1.29 is 6.85 Å². The van der Waals surface area contributed by atoms with E-state index >= 15 is 0 Å². The SMILES string of the molecule is [2H]c1c([2H])c([2H])c(N(c2ccc3c(c2)C(C)(C)c2cc(/C=C/c4c5ccccc5c(-c5cccc6ccccc56)c5ccccc45)ccc2-3)c2ccc3ccccc3c2)c([2H])c1[2H]. The van der Waals surface area contributed by atoms with E-state index in [-0.39, 0.29) is 29.9 Å². The minimum atomic E-state index is -0.415. The van der Waals surface area contributed by atoms with Crippen molar-refractivity contribution in [1.82, 2.24) is 0 Å². The Bertz CT molecular complexity index is 3480. The van der Waals surface area contributed by atoms with Gasteiger partial charge in [-0.2, -0.15) is 0 Å². The van der Waals surface area contributed by atoms with E-state index in [1.165, 1.54) is 54.6 Å². The molecular formula is C57H41N. The summed E-state index contributed by atoms with van der Waals surface area (Å²) in [4.78, 5) is 1.82. The molecule has 0 atom stereocenters. The van der Waals surface area contributed by atoms with Gasteiger partial charge in [-0.05, 0) is 124 Å². The van der Waals surface area contributed by atoms with Crippen LogP contribution < -0.4 is 4.90 Å². The van der Waals surface area contributed by atoms with E-state index in [0.29, 0.717) is 11.4 Å². The van der Waals surface area contributed by atoms with Crippen LogP contribution in [0.25, 0.3) is 77.5 Å². The maximum absolute atomic E-state index is 9.04. The molecule has 10 aromatic carbocycles. The van der Waals surface area contributed by atoms with E-state index in [1.54, 1.807) is 0 Å². The Morgan fingerprint density at radius 3 is 1.74 bits per heavy atom. The lowest BCUT2D eigenvalue weighted by Gasteiger charge is -2.28. The molecule has 1 nitrogen and oxygen atoms in total. The maximum Gasteiger partial charge on any atom is 0.0645 e. The van der Waals surface area contributed by atoms with Gasteiger partial charge in [0.15, 0.2) is 0 Å². The number of fused-ring (bicyclic) bond motifs is 7. The van der Waals surface area contributed by atoms with Gasteiger partial charge in [-0.3, -0.25) is 0 Å². The summed E-state index contributed by atoms with van der Waals surface area (Å²) in [7, 11) is 0. The second-order valence-electron chi connectivity index (χ2n) is 15.7. The molecule has 274 valence electrons. The Morgan fingerprint density at radius 2 is 1.00 bits per heavy atom. The summed E-state index contributed by atoms with van der Waals surface area (Å²) in [6, 6.07) is 58.1. The third kappa shape index (κ3) is 5.46. The van der Waals surface area contributed by atoms with Gasteiger partial charge in [0.05, 0.1) is 6.85 Å². The second-order valence-corrected chi connectivity index (χ2v) is 15.7. The van der Waals surface area contributed by atoms with Crippen LogP contribution in [0.4, 0.5) is 17.1 Å². The molecule has 0 spiro atoms. The van der Waals surface area contributed by atoms with E-state index in [4.69, 9.17) is 6.85 Å². The van der Waals surface area contributed by atoms with Gasteiger partial charge in [0.1, 0.15) is 0 Å². The highest BCUT2D eigenvalue weighted by molar-refractivity contribution is 6.20. The predicted molar refractivity (Wildman–Crippen MR) is 250 cm³/mol. The second kappa shape index (κ2) is 13.5. The quantitative estimate of drug-likeness (QED) is 0.121. The van der Waals surface area contributed by atoms with Crippen LogP contribution in [-0.2, 0) is 5.41 Å². The van der Waals surface area contributed by atoms with E-state index in [2.05, 4.69) is 147 Å². The van der Waals surface area contributed by atoms with Crippen molar-refractivity contribution in [2.75, 3.05) is 4.90 Å². The molecule has 0 fully saturated rings. The molecule has 0 saturated heterocycles. The Kier molecular flexibility index (Phi) is 6.75. The zero-order chi connectivity index (χ0) is 43.1.